The molecule has 0 fully saturated rings. The Morgan fingerprint density at radius 1 is 1.02 bits per heavy atom. The molecular formula is C32H36N8O5. The van der Waals surface area contributed by atoms with E-state index in [2.05, 4.69) is 36.3 Å². The second-order valence-electron chi connectivity index (χ2n) is 11.2. The number of benzene rings is 2. The third kappa shape index (κ3) is 7.80. The van der Waals surface area contributed by atoms with Crippen LogP contribution in [0.5, 0.6) is 0 Å². The van der Waals surface area contributed by atoms with Gasteiger partial charge in [-0.05, 0) is 42.9 Å². The van der Waals surface area contributed by atoms with Crippen molar-refractivity contribution >= 4 is 23.6 Å². The maximum Gasteiger partial charge on any atom is 0.273 e. The minimum atomic E-state index is -0.953. The maximum absolute atomic E-state index is 13.7. The first-order valence-electron chi connectivity index (χ1n) is 14.9. The molecular weight excluding hydrogens is 576 g/mol. The van der Waals surface area contributed by atoms with E-state index < -0.39 is 41.8 Å². The van der Waals surface area contributed by atoms with Crippen LogP contribution < -0.4 is 21.3 Å². The molecule has 1 aliphatic rings. The van der Waals surface area contributed by atoms with Crippen LogP contribution >= 0.6 is 0 Å². The summed E-state index contributed by atoms with van der Waals surface area (Å²) in [6, 6.07) is 13.8. The van der Waals surface area contributed by atoms with Crippen molar-refractivity contribution in [2.75, 3.05) is 6.54 Å². The van der Waals surface area contributed by atoms with Crippen LogP contribution in [0, 0.1) is 5.92 Å². The summed E-state index contributed by atoms with van der Waals surface area (Å²) in [6.07, 6.45) is 5.78. The maximum atomic E-state index is 13.7. The Labute approximate surface area is 260 Å². The molecule has 234 valence electrons. The van der Waals surface area contributed by atoms with Gasteiger partial charge in [-0.3, -0.25) is 19.2 Å². The minimum Gasteiger partial charge on any atom is -0.446 e. The zero-order valence-electron chi connectivity index (χ0n) is 25.1. The van der Waals surface area contributed by atoms with Gasteiger partial charge in [0.1, 0.15) is 37.0 Å². The number of aromatic nitrogens is 4. The van der Waals surface area contributed by atoms with Gasteiger partial charge < -0.3 is 25.7 Å². The predicted octanol–water partition coefficient (Wildman–Crippen LogP) is 2.51. The van der Waals surface area contributed by atoms with E-state index in [4.69, 9.17) is 4.42 Å². The van der Waals surface area contributed by atoms with Crippen LogP contribution in [0.3, 0.4) is 0 Å². The molecule has 13 heteroatoms. The van der Waals surface area contributed by atoms with Gasteiger partial charge in [-0.1, -0.05) is 56.3 Å². The number of fused-ring (bicyclic) bond motifs is 2. The highest BCUT2D eigenvalue weighted by Gasteiger charge is 2.32. The molecule has 3 heterocycles. The third-order valence-electron chi connectivity index (χ3n) is 7.54. The first kappa shape index (κ1) is 31.1. The van der Waals surface area contributed by atoms with Crippen LogP contribution in [-0.4, -0.2) is 62.0 Å². The van der Waals surface area contributed by atoms with Gasteiger partial charge in [-0.25, -0.2) is 14.6 Å². The van der Waals surface area contributed by atoms with E-state index >= 15 is 0 Å². The molecule has 3 atom stereocenters. The van der Waals surface area contributed by atoms with Crippen LogP contribution in [0.1, 0.15) is 71.5 Å². The molecule has 2 aromatic carbocycles. The largest absolute Gasteiger partial charge is 0.446 e. The zero-order chi connectivity index (χ0) is 31.8. The average molecular weight is 613 g/mol. The minimum absolute atomic E-state index is 0.106. The van der Waals surface area contributed by atoms with Gasteiger partial charge in [0.15, 0.2) is 5.69 Å². The second kappa shape index (κ2) is 14.4. The lowest BCUT2D eigenvalue weighted by Gasteiger charge is -2.27. The quantitative estimate of drug-likeness (QED) is 0.257. The number of amides is 4. The van der Waals surface area contributed by atoms with Crippen molar-refractivity contribution in [1.82, 2.24) is 41.0 Å². The topological polar surface area (TPSA) is 173 Å². The fraction of sp³-hybridized carbons (Fsp3) is 0.344. The molecule has 4 amide bonds. The molecule has 0 saturated heterocycles. The Morgan fingerprint density at radius 3 is 2.56 bits per heavy atom. The Kier molecular flexibility index (Phi) is 9.97. The smallest absolute Gasteiger partial charge is 0.273 e. The molecule has 1 aliphatic heterocycles. The van der Waals surface area contributed by atoms with E-state index in [1.165, 1.54) is 23.6 Å². The van der Waals surface area contributed by atoms with Crippen LogP contribution in [0.25, 0.3) is 5.69 Å². The van der Waals surface area contributed by atoms with Crippen molar-refractivity contribution in [3.63, 3.8) is 0 Å². The number of carbonyl (C=O) groups excluding carboxylic acids is 4. The SMILES string of the molecule is CC(C)[C@@H]1NC(=O)[C@@H](NC(=O)c2ccccc2-n2cncn2)CCCCNC(=O)c2coc(n2)[C@@H](Cc2ccccc2)NC1=O. The van der Waals surface area contributed by atoms with Gasteiger partial charge in [-0.2, -0.15) is 5.10 Å². The average Bonchev–Trinajstić information content (AvgIpc) is 3.76. The van der Waals surface area contributed by atoms with E-state index in [0.717, 1.165) is 5.56 Å². The van der Waals surface area contributed by atoms with Crippen molar-refractivity contribution in [2.45, 2.75) is 57.7 Å². The van der Waals surface area contributed by atoms with Crippen molar-refractivity contribution in [3.8, 4) is 5.69 Å². The lowest BCUT2D eigenvalue weighted by atomic mass is 10.00. The summed E-state index contributed by atoms with van der Waals surface area (Å²) >= 11 is 0. The molecule has 45 heavy (non-hydrogen) atoms. The molecule has 0 radical (unpaired) electrons. The zero-order valence-corrected chi connectivity index (χ0v) is 25.1. The number of hydrogen-bond acceptors (Lipinski definition) is 8. The standard InChI is InChI=1S/C32H36N8O5/c1-20(2)27-31(44)37-24(16-21-10-4-3-5-11-21)32-38-25(17-45-32)29(42)34-15-9-8-13-23(30(43)39-27)36-28(41)22-12-6-7-14-26(22)40-19-33-18-35-40/h3-7,10-12,14,17-20,23-24,27H,8-9,13,15-16H2,1-2H3,(H,34,42)(H,36,41)(H,37,44)(H,39,43)/t23-,24+,27-/m0/s1. The first-order chi connectivity index (χ1) is 21.8. The van der Waals surface area contributed by atoms with Crippen LogP contribution in [0.15, 0.2) is 77.9 Å². The van der Waals surface area contributed by atoms with Crippen LogP contribution in [0.4, 0.5) is 0 Å². The van der Waals surface area contributed by atoms with Crippen molar-refractivity contribution in [3.05, 3.63) is 96.2 Å². The highest BCUT2D eigenvalue weighted by atomic mass is 16.3. The molecule has 0 unspecified atom stereocenters. The highest BCUT2D eigenvalue weighted by Crippen LogP contribution is 2.20. The summed E-state index contributed by atoms with van der Waals surface area (Å²) in [4.78, 5) is 62.1. The number of rotatable bonds is 6. The molecule has 2 aromatic heterocycles. The number of hydrogen-bond donors (Lipinski definition) is 4. The molecule has 4 N–H and O–H groups in total. The van der Waals surface area contributed by atoms with Crippen LogP contribution in [0.2, 0.25) is 0 Å². The molecule has 2 bridgehead atoms. The third-order valence-corrected chi connectivity index (χ3v) is 7.54. The monoisotopic (exact) mass is 612 g/mol. The number of oxazole rings is 1. The first-order valence-corrected chi connectivity index (χ1v) is 14.9. The highest BCUT2D eigenvalue weighted by molar-refractivity contribution is 6.01. The van der Waals surface area contributed by atoms with Crippen molar-refractivity contribution in [1.29, 1.82) is 0 Å². The fourth-order valence-electron chi connectivity index (χ4n) is 5.12. The van der Waals surface area contributed by atoms with Gasteiger partial charge in [-0.15, -0.1) is 0 Å². The van der Waals surface area contributed by atoms with Gasteiger partial charge in [0.25, 0.3) is 11.8 Å². The summed E-state index contributed by atoms with van der Waals surface area (Å²) in [5.41, 5.74) is 1.83. The summed E-state index contributed by atoms with van der Waals surface area (Å²) in [6.45, 7) is 3.98. The molecule has 13 nitrogen and oxygen atoms in total. The fourth-order valence-corrected chi connectivity index (χ4v) is 5.12. The van der Waals surface area contributed by atoms with E-state index in [9.17, 15) is 19.2 Å². The van der Waals surface area contributed by atoms with Gasteiger partial charge in [0.2, 0.25) is 17.7 Å². The Bertz CT molecular complexity index is 1620. The van der Waals surface area contributed by atoms with E-state index in [1.807, 2.05) is 44.2 Å². The summed E-state index contributed by atoms with van der Waals surface area (Å²) < 4.78 is 7.14. The number of para-hydroxylation sites is 1. The Hall–Kier alpha value is -5.33. The number of nitrogens with zero attached hydrogens (tertiary/aromatic N) is 4. The normalized spacial score (nSPS) is 19.8. The van der Waals surface area contributed by atoms with E-state index in [-0.39, 0.29) is 23.9 Å². The summed E-state index contributed by atoms with van der Waals surface area (Å²) in [7, 11) is 0. The number of carbonyl (C=O) groups is 4. The summed E-state index contributed by atoms with van der Waals surface area (Å²) in [5.74, 6) is -1.94. The lowest BCUT2D eigenvalue weighted by Crippen LogP contribution is -2.56. The molecule has 0 aliphatic carbocycles. The molecule has 0 saturated carbocycles. The van der Waals surface area contributed by atoms with Crippen LogP contribution in [-0.2, 0) is 16.0 Å². The van der Waals surface area contributed by atoms with Gasteiger partial charge in [0.05, 0.1) is 11.3 Å². The number of nitrogens with one attached hydrogen (secondary N) is 4. The Balaban J connectivity index is 1.40. The molecule has 4 aromatic rings. The van der Waals surface area contributed by atoms with Gasteiger partial charge in [0, 0.05) is 13.0 Å². The van der Waals surface area contributed by atoms with Crippen molar-refractivity contribution in [2.24, 2.45) is 5.92 Å². The summed E-state index contributed by atoms with van der Waals surface area (Å²) in [5, 5.41) is 15.6. The lowest BCUT2D eigenvalue weighted by molar-refractivity contribution is -0.131. The predicted molar refractivity (Wildman–Crippen MR) is 163 cm³/mol. The second-order valence-corrected chi connectivity index (χ2v) is 11.2. The van der Waals surface area contributed by atoms with Gasteiger partial charge >= 0.3 is 0 Å². The van der Waals surface area contributed by atoms with E-state index in [0.29, 0.717) is 37.1 Å². The Morgan fingerprint density at radius 2 is 1.80 bits per heavy atom. The van der Waals surface area contributed by atoms with E-state index in [1.54, 1.807) is 24.3 Å². The molecule has 5 rings (SSSR count). The molecule has 0 spiro atoms. The van der Waals surface area contributed by atoms with Crippen molar-refractivity contribution < 1.29 is 23.6 Å².